The second-order valence-electron chi connectivity index (χ2n) is 2.71. The van der Waals surface area contributed by atoms with Crippen LogP contribution in [0.4, 0.5) is 5.69 Å². The van der Waals surface area contributed by atoms with Gasteiger partial charge in [-0.25, -0.2) is 0 Å². The zero-order chi connectivity index (χ0) is 7.84. The van der Waals surface area contributed by atoms with Crippen molar-refractivity contribution in [3.63, 3.8) is 0 Å². The summed E-state index contributed by atoms with van der Waals surface area (Å²) in [6, 6.07) is 0. The Hall–Kier alpha value is -0.960. The molecule has 11 heavy (non-hydrogen) atoms. The Morgan fingerprint density at radius 2 is 2.36 bits per heavy atom. The first-order chi connectivity index (χ1) is 5.27. The van der Waals surface area contributed by atoms with Gasteiger partial charge in [-0.15, -0.1) is 0 Å². The van der Waals surface area contributed by atoms with E-state index in [1.165, 1.54) is 11.1 Å². The van der Waals surface area contributed by atoms with Crippen molar-refractivity contribution in [2.75, 3.05) is 5.32 Å². The summed E-state index contributed by atoms with van der Waals surface area (Å²) < 4.78 is 0. The fourth-order valence-electron chi connectivity index (χ4n) is 1.29. The Bertz CT molecular complexity index is 320. The maximum absolute atomic E-state index is 5.04. The number of hydrogen-bond donors (Lipinski definition) is 1. The molecule has 0 atom stereocenters. The van der Waals surface area contributed by atoms with Gasteiger partial charge in [0.1, 0.15) is 0 Å². The third-order valence-electron chi connectivity index (χ3n) is 1.88. The summed E-state index contributed by atoms with van der Waals surface area (Å²) >= 11 is 5.04. The highest BCUT2D eigenvalue weighted by Crippen LogP contribution is 2.24. The van der Waals surface area contributed by atoms with Crippen molar-refractivity contribution in [1.29, 1.82) is 0 Å². The predicted molar refractivity (Wildman–Crippen MR) is 48.9 cm³/mol. The maximum atomic E-state index is 5.04. The van der Waals surface area contributed by atoms with E-state index in [1.807, 2.05) is 12.4 Å². The molecule has 0 fully saturated rings. The maximum Gasteiger partial charge on any atom is 0.0843 e. The average molecular weight is 164 g/mol. The van der Waals surface area contributed by atoms with E-state index in [0.29, 0.717) is 0 Å². The van der Waals surface area contributed by atoms with Crippen LogP contribution in [0.5, 0.6) is 0 Å². The molecule has 1 aliphatic rings. The molecule has 0 spiro atoms. The highest BCUT2D eigenvalue weighted by Gasteiger charge is 2.15. The van der Waals surface area contributed by atoms with Crippen LogP contribution in [-0.2, 0) is 6.42 Å². The minimum atomic E-state index is 0.874. The van der Waals surface area contributed by atoms with Crippen LogP contribution in [0, 0.1) is 6.92 Å². The van der Waals surface area contributed by atoms with E-state index < -0.39 is 0 Å². The van der Waals surface area contributed by atoms with Gasteiger partial charge < -0.3 is 5.32 Å². The molecule has 0 aliphatic carbocycles. The van der Waals surface area contributed by atoms with Crippen molar-refractivity contribution in [3.05, 3.63) is 23.5 Å². The normalized spacial score (nSPS) is 14.5. The molecule has 0 bridgehead atoms. The van der Waals surface area contributed by atoms with Gasteiger partial charge >= 0.3 is 0 Å². The first-order valence-electron chi connectivity index (χ1n) is 3.50. The molecule has 0 unspecified atom stereocenters. The summed E-state index contributed by atoms with van der Waals surface area (Å²) in [6.45, 7) is 2.06. The number of thiocarbonyl (C=S) groups is 1. The molecule has 0 saturated heterocycles. The number of pyridine rings is 1. The molecule has 1 aromatic heterocycles. The van der Waals surface area contributed by atoms with E-state index >= 15 is 0 Å². The molecule has 2 heterocycles. The first-order valence-corrected chi connectivity index (χ1v) is 3.91. The van der Waals surface area contributed by atoms with Crippen molar-refractivity contribution in [2.45, 2.75) is 13.3 Å². The van der Waals surface area contributed by atoms with Crippen molar-refractivity contribution >= 4 is 22.9 Å². The highest BCUT2D eigenvalue weighted by atomic mass is 32.1. The second kappa shape index (κ2) is 2.27. The van der Waals surface area contributed by atoms with Crippen LogP contribution in [0.15, 0.2) is 12.4 Å². The molecule has 0 saturated carbocycles. The van der Waals surface area contributed by atoms with Crippen LogP contribution in [0.3, 0.4) is 0 Å². The minimum Gasteiger partial charge on any atom is -0.348 e. The molecule has 0 radical (unpaired) electrons. The fraction of sp³-hybridized carbons (Fsp3) is 0.250. The van der Waals surface area contributed by atoms with Gasteiger partial charge in [0.05, 0.1) is 16.9 Å². The Balaban J connectivity index is 2.57. The Morgan fingerprint density at radius 1 is 1.55 bits per heavy atom. The van der Waals surface area contributed by atoms with Crippen LogP contribution in [-0.4, -0.2) is 9.97 Å². The summed E-state index contributed by atoms with van der Waals surface area (Å²) in [5.74, 6) is 0. The van der Waals surface area contributed by atoms with Gasteiger partial charge in [0.2, 0.25) is 0 Å². The zero-order valence-corrected chi connectivity index (χ0v) is 7.03. The molecule has 56 valence electrons. The van der Waals surface area contributed by atoms with E-state index in [0.717, 1.165) is 17.1 Å². The molecule has 2 rings (SSSR count). The third-order valence-corrected chi connectivity index (χ3v) is 2.13. The van der Waals surface area contributed by atoms with Gasteiger partial charge in [-0.05, 0) is 18.1 Å². The number of nitrogens with one attached hydrogen (secondary N) is 1. The second-order valence-corrected chi connectivity index (χ2v) is 3.20. The van der Waals surface area contributed by atoms with E-state index in [1.54, 1.807) is 0 Å². The molecular formula is C8H8N2S. The predicted octanol–water partition coefficient (Wildman–Crippen LogP) is 1.69. The van der Waals surface area contributed by atoms with Gasteiger partial charge in [0, 0.05) is 12.6 Å². The molecular weight excluding hydrogens is 156 g/mol. The SMILES string of the molecule is Cc1cncc2c1CC(=S)N2. The van der Waals surface area contributed by atoms with E-state index in [2.05, 4.69) is 17.2 Å². The number of aryl methyl sites for hydroxylation is 1. The van der Waals surface area contributed by atoms with E-state index in [9.17, 15) is 0 Å². The molecule has 1 aromatic rings. The average Bonchev–Trinajstić information content (AvgIpc) is 2.31. The molecule has 0 aromatic carbocycles. The van der Waals surface area contributed by atoms with Crippen molar-refractivity contribution < 1.29 is 0 Å². The number of rotatable bonds is 0. The lowest BCUT2D eigenvalue weighted by Crippen LogP contribution is -2.00. The molecule has 1 N–H and O–H groups in total. The lowest BCUT2D eigenvalue weighted by atomic mass is 10.1. The Labute approximate surface area is 70.6 Å². The summed E-state index contributed by atoms with van der Waals surface area (Å²) in [4.78, 5) is 4.97. The van der Waals surface area contributed by atoms with Crippen molar-refractivity contribution in [2.24, 2.45) is 0 Å². The van der Waals surface area contributed by atoms with Crippen LogP contribution in [0.1, 0.15) is 11.1 Å². The number of nitrogens with zero attached hydrogens (tertiary/aromatic N) is 1. The molecule has 2 nitrogen and oxygen atoms in total. The van der Waals surface area contributed by atoms with E-state index in [-0.39, 0.29) is 0 Å². The van der Waals surface area contributed by atoms with Crippen LogP contribution in [0.25, 0.3) is 0 Å². The minimum absolute atomic E-state index is 0.874. The van der Waals surface area contributed by atoms with Gasteiger partial charge in [0.15, 0.2) is 0 Å². The lowest BCUT2D eigenvalue weighted by Gasteiger charge is -1.98. The fourth-order valence-corrected chi connectivity index (χ4v) is 1.54. The first kappa shape index (κ1) is 6.73. The number of fused-ring (bicyclic) bond motifs is 1. The summed E-state index contributed by atoms with van der Waals surface area (Å²) in [6.07, 6.45) is 4.56. The zero-order valence-electron chi connectivity index (χ0n) is 6.22. The third kappa shape index (κ3) is 1.01. The molecule has 0 amide bonds. The van der Waals surface area contributed by atoms with Crippen LogP contribution < -0.4 is 5.32 Å². The van der Waals surface area contributed by atoms with Gasteiger partial charge in [0.25, 0.3) is 0 Å². The largest absolute Gasteiger partial charge is 0.348 e. The number of aromatic nitrogens is 1. The van der Waals surface area contributed by atoms with Crippen molar-refractivity contribution in [1.82, 2.24) is 4.98 Å². The van der Waals surface area contributed by atoms with Gasteiger partial charge in [-0.2, -0.15) is 0 Å². The monoisotopic (exact) mass is 164 g/mol. The Kier molecular flexibility index (Phi) is 1.39. The van der Waals surface area contributed by atoms with Gasteiger partial charge in [-0.1, -0.05) is 12.2 Å². The van der Waals surface area contributed by atoms with E-state index in [4.69, 9.17) is 12.2 Å². The highest BCUT2D eigenvalue weighted by molar-refractivity contribution is 7.80. The lowest BCUT2D eigenvalue weighted by molar-refractivity contribution is 1.22. The van der Waals surface area contributed by atoms with Crippen molar-refractivity contribution in [3.8, 4) is 0 Å². The summed E-state index contributed by atoms with van der Waals surface area (Å²) in [7, 11) is 0. The standard InChI is InChI=1S/C8H8N2S/c1-5-3-9-4-7-6(5)2-8(11)10-7/h3-4H,2H2,1H3,(H,10,11). The van der Waals surface area contributed by atoms with Crippen LogP contribution >= 0.6 is 12.2 Å². The Morgan fingerprint density at radius 3 is 3.09 bits per heavy atom. The smallest absolute Gasteiger partial charge is 0.0843 e. The summed E-state index contributed by atoms with van der Waals surface area (Å²) in [5.41, 5.74) is 3.59. The quantitative estimate of drug-likeness (QED) is 0.591. The summed E-state index contributed by atoms with van der Waals surface area (Å²) in [5, 5.41) is 3.11. The molecule has 1 aliphatic heterocycles. The topological polar surface area (TPSA) is 24.9 Å². The van der Waals surface area contributed by atoms with Gasteiger partial charge in [-0.3, -0.25) is 4.98 Å². The number of hydrogen-bond acceptors (Lipinski definition) is 2. The number of anilines is 1. The molecule has 3 heteroatoms. The van der Waals surface area contributed by atoms with Crippen LogP contribution in [0.2, 0.25) is 0 Å².